The van der Waals surface area contributed by atoms with Gasteiger partial charge < -0.3 is 11.5 Å². The number of primary amides is 1. The van der Waals surface area contributed by atoms with Gasteiger partial charge in [0, 0.05) is 24.7 Å². The van der Waals surface area contributed by atoms with Crippen LogP contribution in [0, 0.1) is 5.92 Å². The summed E-state index contributed by atoms with van der Waals surface area (Å²) in [6, 6.07) is -0.199. The molecule has 8 nitrogen and oxygen atoms in total. The van der Waals surface area contributed by atoms with Gasteiger partial charge in [-0.1, -0.05) is 0 Å². The standard InChI is InChI=1S/C12H21N5O3S/c1-2-17-7-10(11(13)15-17)21(19,20)16-9-5-3-8(4-6-9)12(14)18/h7-9,16H,2-6H2,1H3,(H2,13,15)(H2,14,18). The van der Waals surface area contributed by atoms with Crippen LogP contribution in [0.25, 0.3) is 0 Å². The lowest BCUT2D eigenvalue weighted by Gasteiger charge is -2.26. The number of hydrogen-bond acceptors (Lipinski definition) is 5. The van der Waals surface area contributed by atoms with Crippen molar-refractivity contribution in [1.82, 2.24) is 14.5 Å². The molecule has 1 aliphatic rings. The molecule has 1 fully saturated rings. The number of hydrogen-bond donors (Lipinski definition) is 3. The molecule has 5 N–H and O–H groups in total. The number of sulfonamides is 1. The van der Waals surface area contributed by atoms with Crippen molar-refractivity contribution in [2.45, 2.75) is 50.1 Å². The van der Waals surface area contributed by atoms with Crippen LogP contribution in [0.2, 0.25) is 0 Å². The van der Waals surface area contributed by atoms with Gasteiger partial charge in [-0.15, -0.1) is 0 Å². The SMILES string of the molecule is CCn1cc(S(=O)(=O)NC2CCC(C(N)=O)CC2)c(N)n1. The van der Waals surface area contributed by atoms with Crippen LogP contribution in [0.3, 0.4) is 0 Å². The van der Waals surface area contributed by atoms with Gasteiger partial charge in [-0.05, 0) is 32.6 Å². The molecule has 9 heteroatoms. The number of rotatable bonds is 5. The third kappa shape index (κ3) is 3.53. The molecule has 0 aromatic carbocycles. The van der Waals surface area contributed by atoms with Gasteiger partial charge in [-0.25, -0.2) is 13.1 Å². The Bertz CT molecular complexity index is 617. The van der Waals surface area contributed by atoms with Crippen LogP contribution in [0.5, 0.6) is 0 Å². The topological polar surface area (TPSA) is 133 Å². The average molecular weight is 315 g/mol. The molecule has 0 aliphatic heterocycles. The summed E-state index contributed by atoms with van der Waals surface area (Å²) in [5, 5.41) is 3.94. The Balaban J connectivity index is 2.05. The Labute approximate surface area is 123 Å². The minimum absolute atomic E-state index is 0.00127. The van der Waals surface area contributed by atoms with Crippen molar-refractivity contribution in [2.24, 2.45) is 11.7 Å². The largest absolute Gasteiger partial charge is 0.381 e. The molecule has 2 rings (SSSR count). The number of aromatic nitrogens is 2. The number of aryl methyl sites for hydroxylation is 1. The summed E-state index contributed by atoms with van der Waals surface area (Å²) >= 11 is 0. The minimum atomic E-state index is -3.69. The molecular formula is C12H21N5O3S. The monoisotopic (exact) mass is 315 g/mol. The highest BCUT2D eigenvalue weighted by molar-refractivity contribution is 7.89. The van der Waals surface area contributed by atoms with E-state index in [-0.39, 0.29) is 28.6 Å². The number of carbonyl (C=O) groups excluding carboxylic acids is 1. The second-order valence-corrected chi connectivity index (χ2v) is 6.99. The van der Waals surface area contributed by atoms with Crippen molar-refractivity contribution in [3.05, 3.63) is 6.20 Å². The molecule has 1 heterocycles. The van der Waals surface area contributed by atoms with E-state index in [1.165, 1.54) is 10.9 Å². The first-order valence-corrected chi connectivity index (χ1v) is 8.46. The molecule has 118 valence electrons. The molecule has 0 unspecified atom stereocenters. The van der Waals surface area contributed by atoms with Gasteiger partial charge in [-0.3, -0.25) is 9.48 Å². The van der Waals surface area contributed by atoms with Crippen LogP contribution >= 0.6 is 0 Å². The molecule has 1 saturated carbocycles. The van der Waals surface area contributed by atoms with E-state index in [0.29, 0.717) is 32.2 Å². The van der Waals surface area contributed by atoms with Gasteiger partial charge in [0.2, 0.25) is 15.9 Å². The van der Waals surface area contributed by atoms with Crippen molar-refractivity contribution in [3.63, 3.8) is 0 Å². The van der Waals surface area contributed by atoms with Gasteiger partial charge >= 0.3 is 0 Å². The molecule has 21 heavy (non-hydrogen) atoms. The molecule has 1 amide bonds. The molecule has 1 aliphatic carbocycles. The number of nitrogens with zero attached hydrogens (tertiary/aromatic N) is 2. The molecule has 0 bridgehead atoms. The Morgan fingerprint density at radius 3 is 2.52 bits per heavy atom. The lowest BCUT2D eigenvalue weighted by atomic mass is 9.86. The number of anilines is 1. The van der Waals surface area contributed by atoms with E-state index in [2.05, 4.69) is 9.82 Å². The van der Waals surface area contributed by atoms with E-state index in [1.807, 2.05) is 6.92 Å². The van der Waals surface area contributed by atoms with Crippen LogP contribution < -0.4 is 16.2 Å². The highest BCUT2D eigenvalue weighted by Crippen LogP contribution is 2.26. The maximum absolute atomic E-state index is 12.3. The first-order valence-electron chi connectivity index (χ1n) is 6.98. The molecule has 1 aromatic rings. The van der Waals surface area contributed by atoms with Gasteiger partial charge in [0.1, 0.15) is 4.90 Å². The number of nitrogens with two attached hydrogens (primary N) is 2. The zero-order valence-corrected chi connectivity index (χ0v) is 12.8. The van der Waals surface area contributed by atoms with Crippen molar-refractivity contribution >= 4 is 21.7 Å². The van der Waals surface area contributed by atoms with Crippen molar-refractivity contribution < 1.29 is 13.2 Å². The Morgan fingerprint density at radius 2 is 2.05 bits per heavy atom. The summed E-state index contributed by atoms with van der Waals surface area (Å²) in [6.45, 7) is 2.39. The van der Waals surface area contributed by atoms with E-state index < -0.39 is 10.0 Å². The fraction of sp³-hybridized carbons (Fsp3) is 0.667. The Kier molecular flexibility index (Phi) is 4.52. The van der Waals surface area contributed by atoms with Crippen LogP contribution in [-0.2, 0) is 21.4 Å². The maximum Gasteiger partial charge on any atom is 0.246 e. The van der Waals surface area contributed by atoms with Gasteiger partial charge in [0.25, 0.3) is 0 Å². The summed E-state index contributed by atoms with van der Waals surface area (Å²) in [5.74, 6) is -0.474. The van der Waals surface area contributed by atoms with Gasteiger partial charge in [-0.2, -0.15) is 5.10 Å². The van der Waals surface area contributed by atoms with Crippen molar-refractivity contribution in [1.29, 1.82) is 0 Å². The zero-order valence-electron chi connectivity index (χ0n) is 11.9. The fourth-order valence-electron chi connectivity index (χ4n) is 2.57. The lowest BCUT2D eigenvalue weighted by molar-refractivity contribution is -0.122. The van der Waals surface area contributed by atoms with Crippen molar-refractivity contribution in [2.75, 3.05) is 5.73 Å². The number of carbonyl (C=O) groups is 1. The molecular weight excluding hydrogens is 294 g/mol. The maximum atomic E-state index is 12.3. The molecule has 0 radical (unpaired) electrons. The minimum Gasteiger partial charge on any atom is -0.381 e. The zero-order chi connectivity index (χ0) is 15.6. The summed E-state index contributed by atoms with van der Waals surface area (Å²) in [4.78, 5) is 11.1. The van der Waals surface area contributed by atoms with E-state index in [1.54, 1.807) is 0 Å². The van der Waals surface area contributed by atoms with E-state index in [4.69, 9.17) is 11.5 Å². The van der Waals surface area contributed by atoms with Crippen LogP contribution in [0.1, 0.15) is 32.6 Å². The lowest BCUT2D eigenvalue weighted by Crippen LogP contribution is -2.39. The highest BCUT2D eigenvalue weighted by atomic mass is 32.2. The molecule has 1 aromatic heterocycles. The predicted octanol–water partition coefficient (Wildman–Crippen LogP) is -0.192. The second-order valence-electron chi connectivity index (χ2n) is 5.31. The van der Waals surface area contributed by atoms with E-state index >= 15 is 0 Å². The second kappa shape index (κ2) is 6.02. The number of nitrogen functional groups attached to an aromatic ring is 1. The Morgan fingerprint density at radius 1 is 1.43 bits per heavy atom. The third-order valence-corrected chi connectivity index (χ3v) is 5.36. The summed E-state index contributed by atoms with van der Waals surface area (Å²) in [5.41, 5.74) is 10.9. The van der Waals surface area contributed by atoms with Gasteiger partial charge in [0.05, 0.1) is 0 Å². The first-order chi connectivity index (χ1) is 9.83. The predicted molar refractivity (Wildman–Crippen MR) is 77.6 cm³/mol. The normalized spacial score (nSPS) is 23.1. The quantitative estimate of drug-likeness (QED) is 0.692. The van der Waals surface area contributed by atoms with E-state index in [0.717, 1.165) is 0 Å². The number of amides is 1. The third-order valence-electron chi connectivity index (χ3n) is 3.82. The van der Waals surface area contributed by atoms with E-state index in [9.17, 15) is 13.2 Å². The first kappa shape index (κ1) is 15.8. The molecule has 0 atom stereocenters. The summed E-state index contributed by atoms with van der Waals surface area (Å²) in [7, 11) is -3.69. The summed E-state index contributed by atoms with van der Waals surface area (Å²) in [6.07, 6.45) is 3.81. The average Bonchev–Trinajstić information content (AvgIpc) is 2.81. The Hall–Kier alpha value is -1.61. The van der Waals surface area contributed by atoms with Crippen LogP contribution in [0.4, 0.5) is 5.82 Å². The van der Waals surface area contributed by atoms with Crippen LogP contribution in [0.15, 0.2) is 11.1 Å². The number of nitrogens with one attached hydrogen (secondary N) is 1. The van der Waals surface area contributed by atoms with Gasteiger partial charge in [0.15, 0.2) is 5.82 Å². The highest BCUT2D eigenvalue weighted by Gasteiger charge is 2.29. The van der Waals surface area contributed by atoms with Crippen LogP contribution in [-0.4, -0.2) is 30.1 Å². The summed E-state index contributed by atoms with van der Waals surface area (Å²) < 4.78 is 28.8. The molecule has 0 saturated heterocycles. The van der Waals surface area contributed by atoms with Crippen molar-refractivity contribution in [3.8, 4) is 0 Å². The smallest absolute Gasteiger partial charge is 0.246 e. The molecule has 0 spiro atoms. The fourth-order valence-corrected chi connectivity index (χ4v) is 3.94.